The summed E-state index contributed by atoms with van der Waals surface area (Å²) in [5.74, 6) is -0.786. The predicted molar refractivity (Wildman–Crippen MR) is 98.8 cm³/mol. The number of benzene rings is 1. The fourth-order valence-corrected chi connectivity index (χ4v) is 3.68. The Kier molecular flexibility index (Phi) is 5.53. The summed E-state index contributed by atoms with van der Waals surface area (Å²) in [6, 6.07) is 4.60. The number of methoxy groups -OCH3 is 2. The van der Waals surface area contributed by atoms with E-state index < -0.39 is 11.8 Å². The average Bonchev–Trinajstić information content (AvgIpc) is 2.66. The van der Waals surface area contributed by atoms with E-state index in [1.54, 1.807) is 12.1 Å². The van der Waals surface area contributed by atoms with Crippen molar-refractivity contribution in [3.63, 3.8) is 0 Å². The van der Waals surface area contributed by atoms with Gasteiger partial charge < -0.3 is 14.0 Å². The van der Waals surface area contributed by atoms with Crippen LogP contribution < -0.4 is 10.3 Å². The van der Waals surface area contributed by atoms with E-state index in [0.29, 0.717) is 31.6 Å². The number of hydrogen-bond donors (Lipinski definition) is 0. The molecule has 3 rings (SSSR count). The molecule has 144 valence electrons. The van der Waals surface area contributed by atoms with Crippen molar-refractivity contribution < 1.29 is 18.7 Å². The number of aromatic nitrogens is 1. The molecule has 1 aromatic heterocycles. The van der Waals surface area contributed by atoms with Gasteiger partial charge in [0.05, 0.1) is 19.2 Å². The number of esters is 1. The summed E-state index contributed by atoms with van der Waals surface area (Å²) in [6.45, 7) is 1.62. The SMILES string of the molecule is COC(=O)c1c2c(c(OC)c(=O)n1C)CN(Cc1ccc(F)c(Cl)c1)CC2. The van der Waals surface area contributed by atoms with Crippen molar-refractivity contribution in [1.82, 2.24) is 9.47 Å². The Morgan fingerprint density at radius 1 is 1.30 bits per heavy atom. The third-order valence-corrected chi connectivity index (χ3v) is 5.08. The van der Waals surface area contributed by atoms with E-state index in [0.717, 1.165) is 11.1 Å². The van der Waals surface area contributed by atoms with Crippen LogP contribution in [0, 0.1) is 5.82 Å². The Hall–Kier alpha value is -2.38. The molecule has 0 amide bonds. The number of nitrogens with zero attached hydrogens (tertiary/aromatic N) is 2. The van der Waals surface area contributed by atoms with Gasteiger partial charge in [-0.25, -0.2) is 9.18 Å². The van der Waals surface area contributed by atoms with Crippen molar-refractivity contribution in [2.45, 2.75) is 19.5 Å². The van der Waals surface area contributed by atoms with Crippen molar-refractivity contribution in [2.24, 2.45) is 7.05 Å². The van der Waals surface area contributed by atoms with E-state index in [1.165, 1.54) is 31.9 Å². The van der Waals surface area contributed by atoms with Crippen LogP contribution in [0.25, 0.3) is 0 Å². The molecule has 0 unspecified atom stereocenters. The molecule has 1 aromatic carbocycles. The highest BCUT2D eigenvalue weighted by molar-refractivity contribution is 6.30. The van der Waals surface area contributed by atoms with Crippen molar-refractivity contribution in [3.05, 3.63) is 61.8 Å². The summed E-state index contributed by atoms with van der Waals surface area (Å²) in [4.78, 5) is 26.9. The Balaban J connectivity index is 1.99. The van der Waals surface area contributed by atoms with Crippen molar-refractivity contribution in [1.29, 1.82) is 0 Å². The van der Waals surface area contributed by atoms with Gasteiger partial charge in [0.15, 0.2) is 5.75 Å². The van der Waals surface area contributed by atoms with Crippen LogP contribution in [-0.2, 0) is 31.3 Å². The number of carbonyl (C=O) groups is 1. The highest BCUT2D eigenvalue weighted by Crippen LogP contribution is 2.29. The quantitative estimate of drug-likeness (QED) is 0.746. The minimum atomic E-state index is -0.549. The molecular weight excluding hydrogens is 375 g/mol. The van der Waals surface area contributed by atoms with Gasteiger partial charge >= 0.3 is 5.97 Å². The Labute approximate surface area is 161 Å². The van der Waals surface area contributed by atoms with Crippen LogP contribution >= 0.6 is 11.6 Å². The first-order chi connectivity index (χ1) is 12.9. The molecule has 1 aliphatic heterocycles. The molecule has 6 nitrogen and oxygen atoms in total. The molecule has 0 saturated heterocycles. The van der Waals surface area contributed by atoms with Crippen molar-refractivity contribution in [2.75, 3.05) is 20.8 Å². The summed E-state index contributed by atoms with van der Waals surface area (Å²) in [7, 11) is 4.26. The molecule has 27 heavy (non-hydrogen) atoms. The highest BCUT2D eigenvalue weighted by atomic mass is 35.5. The van der Waals surface area contributed by atoms with E-state index in [9.17, 15) is 14.0 Å². The molecule has 0 fully saturated rings. The molecule has 1 aliphatic rings. The number of fused-ring (bicyclic) bond motifs is 1. The van der Waals surface area contributed by atoms with Gasteiger partial charge in [0.2, 0.25) is 0 Å². The van der Waals surface area contributed by atoms with Crippen LogP contribution in [0.15, 0.2) is 23.0 Å². The van der Waals surface area contributed by atoms with Gasteiger partial charge in [0, 0.05) is 32.2 Å². The van der Waals surface area contributed by atoms with Crippen LogP contribution in [-0.4, -0.2) is 36.2 Å². The molecule has 0 atom stereocenters. The minimum Gasteiger partial charge on any atom is -0.491 e. The maximum Gasteiger partial charge on any atom is 0.355 e. The molecule has 0 aliphatic carbocycles. The van der Waals surface area contributed by atoms with Gasteiger partial charge in [-0.1, -0.05) is 17.7 Å². The fourth-order valence-electron chi connectivity index (χ4n) is 3.47. The van der Waals surface area contributed by atoms with Gasteiger partial charge in [-0.15, -0.1) is 0 Å². The summed E-state index contributed by atoms with van der Waals surface area (Å²) in [5.41, 5.74) is 2.17. The molecule has 8 heteroatoms. The highest BCUT2D eigenvalue weighted by Gasteiger charge is 2.29. The first kappa shape index (κ1) is 19.4. The average molecular weight is 395 g/mol. The standard InChI is InChI=1S/C19H20ClFN2O4/c1-22-16(19(25)27-3)12-6-7-23(10-13(12)17(26-2)18(22)24)9-11-4-5-15(21)14(20)8-11/h4-5,8H,6-7,9-10H2,1-3H3. The van der Waals surface area contributed by atoms with Crippen LogP contribution in [0.3, 0.4) is 0 Å². The maximum absolute atomic E-state index is 13.4. The van der Waals surface area contributed by atoms with E-state index in [1.807, 2.05) is 0 Å². The number of rotatable bonds is 4. The third-order valence-electron chi connectivity index (χ3n) is 4.79. The number of ether oxygens (including phenoxy) is 2. The second-order valence-corrected chi connectivity index (χ2v) is 6.81. The zero-order valence-electron chi connectivity index (χ0n) is 15.3. The second-order valence-electron chi connectivity index (χ2n) is 6.40. The zero-order valence-corrected chi connectivity index (χ0v) is 16.1. The zero-order chi connectivity index (χ0) is 19.7. The number of halogens is 2. The molecule has 0 radical (unpaired) electrons. The second kappa shape index (κ2) is 7.70. The van der Waals surface area contributed by atoms with E-state index in [-0.39, 0.29) is 22.0 Å². The van der Waals surface area contributed by atoms with Gasteiger partial charge in [0.1, 0.15) is 11.5 Å². The largest absolute Gasteiger partial charge is 0.491 e. The van der Waals surface area contributed by atoms with Crippen LogP contribution in [0.5, 0.6) is 5.75 Å². The van der Waals surface area contributed by atoms with Crippen molar-refractivity contribution in [3.8, 4) is 5.75 Å². The maximum atomic E-state index is 13.4. The first-order valence-corrected chi connectivity index (χ1v) is 8.78. The number of hydrogen-bond acceptors (Lipinski definition) is 5. The topological polar surface area (TPSA) is 60.8 Å². The fraction of sp³-hybridized carbons (Fsp3) is 0.368. The lowest BCUT2D eigenvalue weighted by molar-refractivity contribution is 0.0585. The van der Waals surface area contributed by atoms with Gasteiger partial charge in [-0.05, 0) is 29.7 Å². The van der Waals surface area contributed by atoms with Crippen LogP contribution in [0.4, 0.5) is 4.39 Å². The van der Waals surface area contributed by atoms with E-state index >= 15 is 0 Å². The normalized spacial score (nSPS) is 14.0. The van der Waals surface area contributed by atoms with Gasteiger partial charge in [0.25, 0.3) is 5.56 Å². The van der Waals surface area contributed by atoms with Crippen LogP contribution in [0.1, 0.15) is 27.2 Å². The smallest absolute Gasteiger partial charge is 0.355 e. The minimum absolute atomic E-state index is 0.0735. The molecular formula is C19H20ClFN2O4. The summed E-state index contributed by atoms with van der Waals surface area (Å²) in [5, 5.41) is 0.0735. The molecule has 0 saturated carbocycles. The molecule has 0 N–H and O–H groups in total. The van der Waals surface area contributed by atoms with Gasteiger partial charge in [-0.3, -0.25) is 9.69 Å². The lowest BCUT2D eigenvalue weighted by Gasteiger charge is -2.31. The Morgan fingerprint density at radius 2 is 2.04 bits per heavy atom. The van der Waals surface area contributed by atoms with Crippen molar-refractivity contribution >= 4 is 17.6 Å². The lowest BCUT2D eigenvalue weighted by atomic mass is 9.96. The molecule has 0 bridgehead atoms. The number of carbonyl (C=O) groups excluding carboxylic acids is 1. The Morgan fingerprint density at radius 3 is 2.67 bits per heavy atom. The molecule has 0 spiro atoms. The third kappa shape index (κ3) is 3.57. The predicted octanol–water partition coefficient (Wildman–Crippen LogP) is 2.53. The summed E-state index contributed by atoms with van der Waals surface area (Å²) < 4.78 is 24.8. The first-order valence-electron chi connectivity index (χ1n) is 8.40. The number of pyridine rings is 1. The molecule has 2 heterocycles. The van der Waals surface area contributed by atoms with E-state index in [4.69, 9.17) is 21.1 Å². The van der Waals surface area contributed by atoms with Gasteiger partial charge in [-0.2, -0.15) is 0 Å². The molecule has 2 aromatic rings. The lowest BCUT2D eigenvalue weighted by Crippen LogP contribution is -2.36. The summed E-state index contributed by atoms with van der Waals surface area (Å²) in [6.07, 6.45) is 0.555. The summed E-state index contributed by atoms with van der Waals surface area (Å²) >= 11 is 5.86. The van der Waals surface area contributed by atoms with Crippen LogP contribution in [0.2, 0.25) is 5.02 Å². The van der Waals surface area contributed by atoms with E-state index in [2.05, 4.69) is 4.90 Å². The Bertz CT molecular complexity index is 958. The monoisotopic (exact) mass is 394 g/mol.